The molecule has 4 aliphatic heterocycles. The van der Waals surface area contributed by atoms with E-state index in [4.69, 9.17) is 9.47 Å². The summed E-state index contributed by atoms with van der Waals surface area (Å²) in [4.78, 5) is 18.7. The van der Waals surface area contributed by atoms with Gasteiger partial charge in [0.05, 0.1) is 31.2 Å². The second-order valence-electron chi connectivity index (χ2n) is 9.25. The molecule has 4 aliphatic rings. The van der Waals surface area contributed by atoms with E-state index in [1.54, 1.807) is 14.2 Å². The number of benzene rings is 1. The Kier molecular flexibility index (Phi) is 4.32. The summed E-state index contributed by atoms with van der Waals surface area (Å²) in [7, 11) is 3.34. The highest BCUT2D eigenvalue weighted by Gasteiger charge is 2.67. The topological polar surface area (TPSA) is 42.0 Å². The van der Waals surface area contributed by atoms with Crippen LogP contribution in [0.2, 0.25) is 0 Å². The highest BCUT2D eigenvalue weighted by Crippen LogP contribution is 2.57. The number of hydrogen-bond donors (Lipinski definition) is 0. The fourth-order valence-electron chi connectivity index (χ4n) is 5.71. The molecule has 5 nitrogen and oxygen atoms in total. The summed E-state index contributed by atoms with van der Waals surface area (Å²) in [6.07, 6.45) is 0.205. The van der Waals surface area contributed by atoms with Gasteiger partial charge in [-0.3, -0.25) is 14.6 Å². The quantitative estimate of drug-likeness (QED) is 0.794. The SMILES string of the molecule is COc1ccc(C2N3CC4(C(C)C)CN2CC(C(C)C)(C3)C4=O)cc1OC. The first-order chi connectivity index (χ1) is 12.8. The Morgan fingerprint density at radius 3 is 1.78 bits per heavy atom. The third-order valence-corrected chi connectivity index (χ3v) is 7.45. The Morgan fingerprint density at radius 2 is 1.37 bits per heavy atom. The lowest BCUT2D eigenvalue weighted by atomic mass is 9.53. The van der Waals surface area contributed by atoms with E-state index >= 15 is 0 Å². The Hall–Kier alpha value is -1.59. The zero-order chi connectivity index (χ0) is 19.6. The molecule has 1 aromatic carbocycles. The van der Waals surface area contributed by atoms with Crippen LogP contribution in [0.25, 0.3) is 0 Å². The Bertz CT molecular complexity index is 712. The van der Waals surface area contributed by atoms with Gasteiger partial charge in [0.25, 0.3) is 0 Å². The van der Waals surface area contributed by atoms with Crippen LogP contribution in [0.4, 0.5) is 0 Å². The van der Waals surface area contributed by atoms with Crippen molar-refractivity contribution in [3.05, 3.63) is 23.8 Å². The zero-order valence-corrected chi connectivity index (χ0v) is 17.4. The van der Waals surface area contributed by atoms with Crippen molar-refractivity contribution in [3.8, 4) is 11.5 Å². The van der Waals surface area contributed by atoms with Crippen LogP contribution < -0.4 is 9.47 Å². The summed E-state index contributed by atoms with van der Waals surface area (Å²) < 4.78 is 10.9. The summed E-state index contributed by atoms with van der Waals surface area (Å²) in [6.45, 7) is 12.3. The monoisotopic (exact) mass is 372 g/mol. The lowest BCUT2D eigenvalue weighted by molar-refractivity contribution is -0.217. The van der Waals surface area contributed by atoms with E-state index in [9.17, 15) is 4.79 Å². The minimum atomic E-state index is -0.242. The molecule has 4 heterocycles. The van der Waals surface area contributed by atoms with Crippen molar-refractivity contribution in [2.75, 3.05) is 40.4 Å². The molecule has 4 fully saturated rings. The summed E-state index contributed by atoms with van der Waals surface area (Å²) in [6, 6.07) is 6.22. The van der Waals surface area contributed by atoms with Crippen LogP contribution >= 0.6 is 0 Å². The van der Waals surface area contributed by atoms with Crippen LogP contribution in [-0.2, 0) is 4.79 Å². The summed E-state index contributed by atoms with van der Waals surface area (Å²) >= 11 is 0. The van der Waals surface area contributed by atoms with E-state index in [0.717, 1.165) is 37.7 Å². The largest absolute Gasteiger partial charge is 0.493 e. The number of methoxy groups -OCH3 is 2. The summed E-state index contributed by atoms with van der Waals surface area (Å²) in [5, 5.41) is 0. The number of Topliss-reactive ketones (excluding diaryl/α,β-unsaturated/α-hetero) is 1. The predicted octanol–water partition coefficient (Wildman–Crippen LogP) is 3.20. The van der Waals surface area contributed by atoms with Crippen molar-refractivity contribution < 1.29 is 14.3 Å². The van der Waals surface area contributed by atoms with Gasteiger partial charge in [-0.05, 0) is 29.5 Å². The predicted molar refractivity (Wildman–Crippen MR) is 105 cm³/mol. The second kappa shape index (κ2) is 6.21. The number of piperidine rings is 2. The lowest BCUT2D eigenvalue weighted by Crippen LogP contribution is -2.78. The standard InChI is InChI=1S/C22H32N2O3/c1-14(2)21-10-23-12-22(15(3)4,20(21)25)13-24(11-21)19(23)16-7-8-17(26-5)18(9-16)27-6/h7-9,14-15,19H,10-13H2,1-6H3. The first-order valence-electron chi connectivity index (χ1n) is 10.0. The number of rotatable bonds is 5. The van der Waals surface area contributed by atoms with E-state index in [1.165, 1.54) is 5.56 Å². The van der Waals surface area contributed by atoms with Crippen LogP contribution in [0, 0.1) is 22.7 Å². The summed E-state index contributed by atoms with van der Waals surface area (Å²) in [5.74, 6) is 2.72. The maximum atomic E-state index is 13.6. The molecule has 0 saturated carbocycles. The fourth-order valence-corrected chi connectivity index (χ4v) is 5.71. The van der Waals surface area contributed by atoms with Gasteiger partial charge in [0.1, 0.15) is 0 Å². The lowest BCUT2D eigenvalue weighted by Gasteiger charge is -2.68. The van der Waals surface area contributed by atoms with Crippen molar-refractivity contribution in [3.63, 3.8) is 0 Å². The fraction of sp³-hybridized carbons (Fsp3) is 0.682. The molecule has 5 rings (SSSR count). The number of carbonyl (C=O) groups is 1. The van der Waals surface area contributed by atoms with E-state index in [2.05, 4.69) is 49.6 Å². The third kappa shape index (κ3) is 2.40. The molecule has 0 aromatic heterocycles. The van der Waals surface area contributed by atoms with Gasteiger partial charge < -0.3 is 9.47 Å². The second-order valence-corrected chi connectivity index (χ2v) is 9.25. The first-order valence-corrected chi connectivity index (χ1v) is 10.0. The van der Waals surface area contributed by atoms with E-state index in [-0.39, 0.29) is 17.0 Å². The van der Waals surface area contributed by atoms with Crippen LogP contribution in [0.1, 0.15) is 39.4 Å². The number of ketones is 1. The van der Waals surface area contributed by atoms with Crippen LogP contribution in [-0.4, -0.2) is 56.0 Å². The third-order valence-electron chi connectivity index (χ3n) is 7.45. The van der Waals surface area contributed by atoms with Gasteiger partial charge in [-0.25, -0.2) is 0 Å². The molecule has 0 aliphatic carbocycles. The highest BCUT2D eigenvalue weighted by atomic mass is 16.5. The van der Waals surface area contributed by atoms with Crippen LogP contribution in [0.3, 0.4) is 0 Å². The van der Waals surface area contributed by atoms with Gasteiger partial charge >= 0.3 is 0 Å². The number of carbonyl (C=O) groups excluding carboxylic acids is 1. The molecule has 27 heavy (non-hydrogen) atoms. The van der Waals surface area contributed by atoms with E-state index < -0.39 is 0 Å². The number of hydrogen-bond acceptors (Lipinski definition) is 5. The van der Waals surface area contributed by atoms with Crippen molar-refractivity contribution in [2.24, 2.45) is 22.7 Å². The maximum absolute atomic E-state index is 13.6. The molecule has 0 unspecified atom stereocenters. The normalized spacial score (nSPS) is 37.3. The van der Waals surface area contributed by atoms with Gasteiger partial charge in [0.15, 0.2) is 17.3 Å². The zero-order valence-electron chi connectivity index (χ0n) is 17.4. The van der Waals surface area contributed by atoms with E-state index in [1.807, 2.05) is 6.07 Å². The molecule has 0 amide bonds. The molecular weight excluding hydrogens is 340 g/mol. The molecule has 0 atom stereocenters. The van der Waals surface area contributed by atoms with Gasteiger partial charge in [-0.2, -0.15) is 0 Å². The van der Waals surface area contributed by atoms with Crippen LogP contribution in [0.5, 0.6) is 11.5 Å². The Morgan fingerprint density at radius 1 is 0.889 bits per heavy atom. The van der Waals surface area contributed by atoms with Gasteiger partial charge in [0, 0.05) is 26.2 Å². The van der Waals surface area contributed by atoms with Crippen molar-refractivity contribution >= 4 is 5.78 Å². The van der Waals surface area contributed by atoms with Gasteiger partial charge in [-0.1, -0.05) is 33.8 Å². The van der Waals surface area contributed by atoms with Crippen molar-refractivity contribution in [1.82, 2.24) is 9.80 Å². The first kappa shape index (κ1) is 18.8. The van der Waals surface area contributed by atoms with Crippen LogP contribution in [0.15, 0.2) is 18.2 Å². The highest BCUT2D eigenvalue weighted by molar-refractivity contribution is 5.94. The molecule has 5 heteroatoms. The van der Waals surface area contributed by atoms with Crippen molar-refractivity contribution in [2.45, 2.75) is 33.9 Å². The molecule has 1 aromatic rings. The smallest absolute Gasteiger partial charge is 0.161 e. The molecule has 4 saturated heterocycles. The minimum absolute atomic E-state index is 0.205. The van der Waals surface area contributed by atoms with Gasteiger partial charge in [-0.15, -0.1) is 0 Å². The minimum Gasteiger partial charge on any atom is -0.493 e. The maximum Gasteiger partial charge on any atom is 0.161 e. The number of ether oxygens (including phenoxy) is 2. The number of nitrogens with zero attached hydrogens (tertiary/aromatic N) is 2. The molecule has 0 spiro atoms. The average molecular weight is 373 g/mol. The molecule has 148 valence electrons. The Balaban J connectivity index is 1.76. The van der Waals surface area contributed by atoms with Gasteiger partial charge in [0.2, 0.25) is 0 Å². The Labute approximate surface area is 162 Å². The molecule has 0 radical (unpaired) electrons. The summed E-state index contributed by atoms with van der Waals surface area (Å²) in [5.41, 5.74) is 0.735. The molecular formula is C22H32N2O3. The van der Waals surface area contributed by atoms with Crippen molar-refractivity contribution in [1.29, 1.82) is 0 Å². The molecule has 4 bridgehead atoms. The average Bonchev–Trinajstić information content (AvgIpc) is 2.64. The van der Waals surface area contributed by atoms with E-state index in [0.29, 0.717) is 17.6 Å². The molecule has 0 N–H and O–H groups in total.